The molecule has 21 heavy (non-hydrogen) atoms. The maximum atomic E-state index is 4.67. The largest absolute Gasteiger partial charge is 0.366 e. The summed E-state index contributed by atoms with van der Waals surface area (Å²) in [7, 11) is 0. The van der Waals surface area contributed by atoms with Gasteiger partial charge in [0.05, 0.1) is 5.69 Å². The van der Waals surface area contributed by atoms with Crippen LogP contribution in [0.15, 0.2) is 18.5 Å². The zero-order valence-corrected chi connectivity index (χ0v) is 14.1. The molecule has 0 aliphatic carbocycles. The van der Waals surface area contributed by atoms with Gasteiger partial charge in [-0.25, -0.2) is 9.50 Å². The van der Waals surface area contributed by atoms with Crippen molar-refractivity contribution in [1.82, 2.24) is 14.6 Å². The minimum atomic E-state index is 0.0459. The van der Waals surface area contributed by atoms with Gasteiger partial charge < -0.3 is 5.32 Å². The third kappa shape index (κ3) is 3.36. The number of hydrogen-bond acceptors (Lipinski definition) is 3. The number of rotatable bonds is 5. The van der Waals surface area contributed by atoms with Crippen LogP contribution in [0.1, 0.15) is 60.1 Å². The summed E-state index contributed by atoms with van der Waals surface area (Å²) in [6.45, 7) is 13.3. The zero-order chi connectivity index (χ0) is 15.6. The molecule has 0 fully saturated rings. The van der Waals surface area contributed by atoms with Gasteiger partial charge in [0.2, 0.25) is 0 Å². The Hall–Kier alpha value is -1.58. The Balaban J connectivity index is 2.34. The van der Waals surface area contributed by atoms with E-state index in [4.69, 9.17) is 0 Å². The molecule has 2 rings (SSSR count). The molecule has 0 radical (unpaired) electrons. The molecule has 1 N–H and O–H groups in total. The topological polar surface area (TPSA) is 42.2 Å². The minimum Gasteiger partial charge on any atom is -0.366 e. The van der Waals surface area contributed by atoms with E-state index < -0.39 is 0 Å². The molecule has 1 unspecified atom stereocenters. The Morgan fingerprint density at radius 2 is 1.90 bits per heavy atom. The van der Waals surface area contributed by atoms with Crippen molar-refractivity contribution >= 4 is 11.3 Å². The Morgan fingerprint density at radius 1 is 1.24 bits per heavy atom. The van der Waals surface area contributed by atoms with E-state index >= 15 is 0 Å². The fraction of sp³-hybridized carbons (Fsp3) is 0.647. The van der Waals surface area contributed by atoms with Crippen molar-refractivity contribution in [2.75, 3.05) is 5.32 Å². The van der Waals surface area contributed by atoms with Crippen LogP contribution in [0.5, 0.6) is 0 Å². The average molecular weight is 288 g/mol. The van der Waals surface area contributed by atoms with E-state index in [9.17, 15) is 0 Å². The highest BCUT2D eigenvalue weighted by Gasteiger charge is 2.20. The van der Waals surface area contributed by atoms with Crippen molar-refractivity contribution in [2.45, 2.75) is 65.8 Å². The van der Waals surface area contributed by atoms with Gasteiger partial charge in [0.15, 0.2) is 5.82 Å². The van der Waals surface area contributed by atoms with Gasteiger partial charge in [-0.1, -0.05) is 47.5 Å². The van der Waals surface area contributed by atoms with Crippen molar-refractivity contribution < 1.29 is 0 Å². The van der Waals surface area contributed by atoms with Crippen molar-refractivity contribution in [2.24, 2.45) is 5.92 Å². The van der Waals surface area contributed by atoms with E-state index in [2.05, 4.69) is 63.0 Å². The van der Waals surface area contributed by atoms with E-state index in [0.29, 0.717) is 12.0 Å². The van der Waals surface area contributed by atoms with Crippen LogP contribution in [-0.2, 0) is 5.41 Å². The van der Waals surface area contributed by atoms with Crippen LogP contribution in [-0.4, -0.2) is 20.6 Å². The number of fused-ring (bicyclic) bond motifs is 1. The summed E-state index contributed by atoms with van der Waals surface area (Å²) < 4.78 is 1.93. The lowest BCUT2D eigenvalue weighted by Gasteiger charge is -2.23. The fourth-order valence-corrected chi connectivity index (χ4v) is 2.73. The van der Waals surface area contributed by atoms with E-state index in [1.165, 1.54) is 12.8 Å². The van der Waals surface area contributed by atoms with Crippen LogP contribution in [0.3, 0.4) is 0 Å². The smallest absolute Gasteiger partial charge is 0.152 e. The van der Waals surface area contributed by atoms with Crippen LogP contribution in [0.25, 0.3) is 5.52 Å². The first-order valence-electron chi connectivity index (χ1n) is 7.98. The molecular formula is C17H28N4. The van der Waals surface area contributed by atoms with Crippen molar-refractivity contribution in [3.63, 3.8) is 0 Å². The number of aromatic nitrogens is 3. The van der Waals surface area contributed by atoms with E-state index in [0.717, 1.165) is 17.0 Å². The Labute approximate surface area is 128 Å². The van der Waals surface area contributed by atoms with Gasteiger partial charge in [0.1, 0.15) is 5.52 Å². The lowest BCUT2D eigenvalue weighted by Crippen LogP contribution is -2.25. The van der Waals surface area contributed by atoms with Crippen LogP contribution >= 0.6 is 0 Å². The second-order valence-electron chi connectivity index (χ2n) is 6.89. The molecule has 0 aromatic carbocycles. The maximum Gasteiger partial charge on any atom is 0.152 e. The van der Waals surface area contributed by atoms with Gasteiger partial charge in [0, 0.05) is 23.9 Å². The second kappa shape index (κ2) is 6.04. The van der Waals surface area contributed by atoms with E-state index in [1.54, 1.807) is 0 Å². The van der Waals surface area contributed by atoms with Gasteiger partial charge in [-0.15, -0.1) is 0 Å². The summed E-state index contributed by atoms with van der Waals surface area (Å²) in [6.07, 6.45) is 6.09. The summed E-state index contributed by atoms with van der Waals surface area (Å²) in [6, 6.07) is 2.56. The average Bonchev–Trinajstić information content (AvgIpc) is 2.85. The highest BCUT2D eigenvalue weighted by Crippen LogP contribution is 2.25. The first kappa shape index (κ1) is 15.8. The molecule has 0 amide bonds. The van der Waals surface area contributed by atoms with Gasteiger partial charge in [-0.2, -0.15) is 5.10 Å². The lowest BCUT2D eigenvalue weighted by atomic mass is 9.92. The van der Waals surface area contributed by atoms with Gasteiger partial charge in [0.25, 0.3) is 0 Å². The quantitative estimate of drug-likeness (QED) is 0.893. The van der Waals surface area contributed by atoms with Crippen LogP contribution < -0.4 is 5.32 Å². The fourth-order valence-electron chi connectivity index (χ4n) is 2.73. The van der Waals surface area contributed by atoms with Crippen LogP contribution in [0.4, 0.5) is 5.82 Å². The number of anilines is 1. The predicted octanol–water partition coefficient (Wildman–Crippen LogP) is 4.26. The summed E-state index contributed by atoms with van der Waals surface area (Å²) in [4.78, 5) is 4.52. The summed E-state index contributed by atoms with van der Waals surface area (Å²) in [5.74, 6) is 1.59. The standard InChI is InChI=1S/C17H28N4/c1-7-13(8-2)12(3)19-16-14-11-15(17(4,5)6)20-21(14)10-9-18-16/h9-13H,7-8H2,1-6H3,(H,18,19). The molecule has 1 atom stereocenters. The van der Waals surface area contributed by atoms with Gasteiger partial charge >= 0.3 is 0 Å². The highest BCUT2D eigenvalue weighted by atomic mass is 15.2. The molecule has 0 saturated carbocycles. The predicted molar refractivity (Wildman–Crippen MR) is 88.8 cm³/mol. The molecule has 2 heterocycles. The highest BCUT2D eigenvalue weighted by molar-refractivity contribution is 5.68. The van der Waals surface area contributed by atoms with Crippen molar-refractivity contribution in [3.05, 3.63) is 24.2 Å². The van der Waals surface area contributed by atoms with Crippen molar-refractivity contribution in [3.8, 4) is 0 Å². The Morgan fingerprint density at radius 3 is 2.48 bits per heavy atom. The molecule has 0 spiro atoms. The maximum absolute atomic E-state index is 4.67. The minimum absolute atomic E-state index is 0.0459. The molecule has 0 aliphatic rings. The number of nitrogens with one attached hydrogen (secondary N) is 1. The van der Waals surface area contributed by atoms with E-state index in [1.807, 2.05) is 16.9 Å². The van der Waals surface area contributed by atoms with Crippen LogP contribution in [0, 0.1) is 5.92 Å². The molecule has 0 bridgehead atoms. The summed E-state index contributed by atoms with van der Waals surface area (Å²) >= 11 is 0. The van der Waals surface area contributed by atoms with Crippen molar-refractivity contribution in [1.29, 1.82) is 0 Å². The molecule has 116 valence electrons. The van der Waals surface area contributed by atoms with Gasteiger partial charge in [-0.3, -0.25) is 0 Å². The van der Waals surface area contributed by atoms with E-state index in [-0.39, 0.29) is 5.41 Å². The van der Waals surface area contributed by atoms with Crippen LogP contribution in [0.2, 0.25) is 0 Å². The lowest BCUT2D eigenvalue weighted by molar-refractivity contribution is 0.437. The summed E-state index contributed by atoms with van der Waals surface area (Å²) in [5, 5.41) is 8.25. The molecule has 4 heteroatoms. The third-order valence-electron chi connectivity index (χ3n) is 4.28. The zero-order valence-electron chi connectivity index (χ0n) is 14.1. The first-order valence-corrected chi connectivity index (χ1v) is 7.98. The molecule has 2 aromatic rings. The Bertz CT molecular complexity index is 590. The number of hydrogen-bond donors (Lipinski definition) is 1. The monoisotopic (exact) mass is 288 g/mol. The molecule has 0 saturated heterocycles. The normalized spacial score (nSPS) is 13.9. The number of nitrogens with zero attached hydrogens (tertiary/aromatic N) is 3. The molecular weight excluding hydrogens is 260 g/mol. The van der Waals surface area contributed by atoms with Gasteiger partial charge in [-0.05, 0) is 18.9 Å². The summed E-state index contributed by atoms with van der Waals surface area (Å²) in [5.41, 5.74) is 2.19. The molecule has 0 aliphatic heterocycles. The second-order valence-corrected chi connectivity index (χ2v) is 6.89. The third-order valence-corrected chi connectivity index (χ3v) is 4.28. The molecule has 2 aromatic heterocycles. The Kier molecular flexibility index (Phi) is 4.55. The molecule has 4 nitrogen and oxygen atoms in total. The SMILES string of the molecule is CCC(CC)C(C)Nc1nccn2nc(C(C)(C)C)cc12. The first-order chi connectivity index (χ1) is 9.86.